The number of carbonyl (C=O) groups is 2. The van der Waals surface area contributed by atoms with Gasteiger partial charge >= 0.3 is 5.97 Å². The summed E-state index contributed by atoms with van der Waals surface area (Å²) in [5.74, 6) is -1.40. The highest BCUT2D eigenvalue weighted by Gasteiger charge is 2.67. The summed E-state index contributed by atoms with van der Waals surface area (Å²) in [4.78, 5) is 27.2. The molecule has 2 fully saturated rings. The van der Waals surface area contributed by atoms with Gasteiger partial charge in [0.25, 0.3) is 0 Å². The number of ether oxygens (including phenoxy) is 2. The molecule has 0 unspecified atom stereocenters. The third-order valence-corrected chi connectivity index (χ3v) is 5.17. The van der Waals surface area contributed by atoms with Crippen LogP contribution in [-0.4, -0.2) is 36.7 Å². The Kier molecular flexibility index (Phi) is 3.49. The van der Waals surface area contributed by atoms with Gasteiger partial charge in [0.1, 0.15) is 11.5 Å². The lowest BCUT2D eigenvalue weighted by Gasteiger charge is -2.22. The Morgan fingerprint density at radius 1 is 1.38 bits per heavy atom. The number of hydrogen-bond donors (Lipinski definition) is 0. The van der Waals surface area contributed by atoms with Crippen LogP contribution in [0, 0.1) is 18.8 Å². The van der Waals surface area contributed by atoms with E-state index in [0.717, 1.165) is 17.7 Å². The van der Waals surface area contributed by atoms with Crippen molar-refractivity contribution >= 4 is 17.6 Å². The number of amides is 1. The Hall–Kier alpha value is -2.14. The van der Waals surface area contributed by atoms with Gasteiger partial charge in [0, 0.05) is 5.69 Å². The van der Waals surface area contributed by atoms with Gasteiger partial charge in [-0.05, 0) is 25.5 Å². The molecule has 4 atom stereocenters. The lowest BCUT2D eigenvalue weighted by Crippen LogP contribution is -2.40. The molecule has 2 saturated heterocycles. The number of esters is 1. The fourth-order valence-corrected chi connectivity index (χ4v) is 4.01. The predicted molar refractivity (Wildman–Crippen MR) is 88.5 cm³/mol. The second kappa shape index (κ2) is 5.45. The first-order chi connectivity index (χ1) is 11.6. The number of nitrogens with zero attached hydrogens (tertiary/aromatic N) is 1. The Morgan fingerprint density at radius 3 is 2.83 bits per heavy atom. The smallest absolute Gasteiger partial charge is 0.312 e. The molecule has 1 aromatic rings. The normalized spacial score (nSPS) is 33.2. The molecular formula is C19H21NO4. The van der Waals surface area contributed by atoms with Crippen molar-refractivity contribution in [1.82, 2.24) is 0 Å². The van der Waals surface area contributed by atoms with Crippen molar-refractivity contribution in [2.45, 2.75) is 32.0 Å². The highest BCUT2D eigenvalue weighted by atomic mass is 16.6. The van der Waals surface area contributed by atoms with Crippen molar-refractivity contribution in [3.63, 3.8) is 0 Å². The van der Waals surface area contributed by atoms with E-state index < -0.39 is 17.4 Å². The van der Waals surface area contributed by atoms with Crippen LogP contribution in [0.1, 0.15) is 18.9 Å². The van der Waals surface area contributed by atoms with Gasteiger partial charge < -0.3 is 14.4 Å². The van der Waals surface area contributed by atoms with Crippen LogP contribution in [0.4, 0.5) is 5.69 Å². The third-order valence-electron chi connectivity index (χ3n) is 5.17. The number of anilines is 1. The molecule has 3 aliphatic heterocycles. The van der Waals surface area contributed by atoms with E-state index in [0.29, 0.717) is 13.2 Å². The van der Waals surface area contributed by atoms with Gasteiger partial charge in [-0.15, -0.1) is 0 Å². The van der Waals surface area contributed by atoms with Crippen LogP contribution in [0.2, 0.25) is 0 Å². The average Bonchev–Trinajstić information content (AvgIpc) is 3.22. The lowest BCUT2D eigenvalue weighted by atomic mass is 9.77. The molecule has 5 nitrogen and oxygen atoms in total. The number of carbonyl (C=O) groups excluding carboxylic acids is 2. The molecule has 1 amide bonds. The monoisotopic (exact) mass is 327 g/mol. The molecule has 24 heavy (non-hydrogen) atoms. The molecule has 3 aliphatic rings. The molecular weight excluding hydrogens is 306 g/mol. The summed E-state index contributed by atoms with van der Waals surface area (Å²) in [5, 5.41) is 0. The summed E-state index contributed by atoms with van der Waals surface area (Å²) in [6, 6.07) is 7.84. The first-order valence-electron chi connectivity index (χ1n) is 8.47. The van der Waals surface area contributed by atoms with E-state index in [1.807, 2.05) is 50.3 Å². The SMILES string of the molecule is CCCOC(=O)[C@@H]1[C@H]2C(=O)N(c3ccc(C)cc3)C[C@@]23C=C[C@H]1O3. The summed E-state index contributed by atoms with van der Waals surface area (Å²) >= 11 is 0. The van der Waals surface area contributed by atoms with Gasteiger partial charge in [0.15, 0.2) is 0 Å². The van der Waals surface area contributed by atoms with E-state index in [1.54, 1.807) is 4.90 Å². The zero-order valence-corrected chi connectivity index (χ0v) is 13.9. The number of hydrogen-bond acceptors (Lipinski definition) is 4. The standard InChI is InChI=1S/C19H21NO4/c1-3-10-23-18(22)15-14-8-9-19(24-14)11-20(17(21)16(15)19)13-6-4-12(2)5-7-13/h4-9,14-16H,3,10-11H2,1-2H3/t14-,15+,16+,19+/m1/s1. The summed E-state index contributed by atoms with van der Waals surface area (Å²) < 4.78 is 11.4. The molecule has 0 N–H and O–H groups in total. The summed E-state index contributed by atoms with van der Waals surface area (Å²) in [6.45, 7) is 4.79. The van der Waals surface area contributed by atoms with Gasteiger partial charge in [0.05, 0.1) is 25.2 Å². The number of rotatable bonds is 4. The first-order valence-corrected chi connectivity index (χ1v) is 8.47. The van der Waals surface area contributed by atoms with E-state index in [-0.39, 0.29) is 18.0 Å². The minimum atomic E-state index is -0.692. The van der Waals surface area contributed by atoms with Gasteiger partial charge in [-0.25, -0.2) is 0 Å². The van der Waals surface area contributed by atoms with Crippen LogP contribution in [0.15, 0.2) is 36.4 Å². The predicted octanol–water partition coefficient (Wildman–Crippen LogP) is 2.23. The van der Waals surface area contributed by atoms with Gasteiger partial charge in [-0.2, -0.15) is 0 Å². The maximum absolute atomic E-state index is 13.0. The molecule has 1 aromatic carbocycles. The zero-order valence-electron chi connectivity index (χ0n) is 13.9. The van der Waals surface area contributed by atoms with Crippen molar-refractivity contribution in [3.8, 4) is 0 Å². The Bertz CT molecular complexity index is 711. The first kappa shape index (κ1) is 15.4. The van der Waals surface area contributed by atoms with Crippen LogP contribution >= 0.6 is 0 Å². The third kappa shape index (κ3) is 2.11. The van der Waals surface area contributed by atoms with Crippen LogP contribution in [-0.2, 0) is 19.1 Å². The van der Waals surface area contributed by atoms with Gasteiger partial charge in [0.2, 0.25) is 5.91 Å². The quantitative estimate of drug-likeness (QED) is 0.629. The minimum Gasteiger partial charge on any atom is -0.465 e. The number of fused-ring (bicyclic) bond motifs is 1. The molecule has 2 bridgehead atoms. The molecule has 0 aliphatic carbocycles. The van der Waals surface area contributed by atoms with E-state index in [9.17, 15) is 9.59 Å². The summed E-state index contributed by atoms with van der Waals surface area (Å²) in [5.41, 5.74) is 1.29. The van der Waals surface area contributed by atoms with E-state index in [1.165, 1.54) is 0 Å². The second-order valence-corrected chi connectivity index (χ2v) is 6.83. The number of benzene rings is 1. The molecule has 0 radical (unpaired) electrons. The highest BCUT2D eigenvalue weighted by Crippen LogP contribution is 2.52. The van der Waals surface area contributed by atoms with Crippen molar-refractivity contribution in [3.05, 3.63) is 42.0 Å². The topological polar surface area (TPSA) is 55.8 Å². The fourth-order valence-electron chi connectivity index (χ4n) is 4.01. The highest BCUT2D eigenvalue weighted by molar-refractivity contribution is 6.02. The Labute approximate surface area is 141 Å². The molecule has 126 valence electrons. The van der Waals surface area contributed by atoms with Crippen molar-refractivity contribution in [2.24, 2.45) is 11.8 Å². The maximum atomic E-state index is 13.0. The summed E-state index contributed by atoms with van der Waals surface area (Å²) in [6.07, 6.45) is 4.28. The largest absolute Gasteiger partial charge is 0.465 e. The van der Waals surface area contributed by atoms with Crippen LogP contribution in [0.25, 0.3) is 0 Å². The molecule has 0 aromatic heterocycles. The summed E-state index contributed by atoms with van der Waals surface area (Å²) in [7, 11) is 0. The van der Waals surface area contributed by atoms with Crippen molar-refractivity contribution < 1.29 is 19.1 Å². The molecule has 1 spiro atoms. The van der Waals surface area contributed by atoms with Crippen LogP contribution in [0.3, 0.4) is 0 Å². The minimum absolute atomic E-state index is 0.0517. The second-order valence-electron chi connectivity index (χ2n) is 6.83. The van der Waals surface area contributed by atoms with Gasteiger partial charge in [-0.3, -0.25) is 9.59 Å². The maximum Gasteiger partial charge on any atom is 0.312 e. The van der Waals surface area contributed by atoms with Crippen molar-refractivity contribution in [1.29, 1.82) is 0 Å². The zero-order chi connectivity index (χ0) is 16.9. The average molecular weight is 327 g/mol. The number of aryl methyl sites for hydroxylation is 1. The van der Waals surface area contributed by atoms with Crippen molar-refractivity contribution in [2.75, 3.05) is 18.1 Å². The molecule has 3 heterocycles. The van der Waals surface area contributed by atoms with E-state index in [2.05, 4.69) is 0 Å². The van der Waals surface area contributed by atoms with E-state index >= 15 is 0 Å². The van der Waals surface area contributed by atoms with Gasteiger partial charge in [-0.1, -0.05) is 36.8 Å². The molecule has 4 rings (SSSR count). The molecule has 5 heteroatoms. The Balaban J connectivity index is 1.64. The van der Waals surface area contributed by atoms with Crippen LogP contribution in [0.5, 0.6) is 0 Å². The lowest BCUT2D eigenvalue weighted by molar-refractivity contribution is -0.152. The Morgan fingerprint density at radius 2 is 2.12 bits per heavy atom. The van der Waals surface area contributed by atoms with Crippen LogP contribution < -0.4 is 4.90 Å². The fraction of sp³-hybridized carbons (Fsp3) is 0.474. The molecule has 0 saturated carbocycles. The van der Waals surface area contributed by atoms with E-state index in [4.69, 9.17) is 9.47 Å².